The van der Waals surface area contributed by atoms with Crippen molar-refractivity contribution in [3.8, 4) is 0 Å². The smallest absolute Gasteiger partial charge is 0.336 e. The molecule has 0 bridgehead atoms. The number of rotatable bonds is 3. The number of carbonyl (C=O) groups is 1. The third-order valence-electron chi connectivity index (χ3n) is 1.62. The molecule has 0 aliphatic carbocycles. The van der Waals surface area contributed by atoms with Gasteiger partial charge in [0.15, 0.2) is 0 Å². The Morgan fingerprint density at radius 2 is 2.08 bits per heavy atom. The fraction of sp³-hybridized carbons (Fsp3) is 0.222. The highest BCUT2D eigenvalue weighted by Gasteiger charge is 2.12. The van der Waals surface area contributed by atoms with Crippen LogP contribution in [0.2, 0.25) is 0 Å². The van der Waals surface area contributed by atoms with E-state index in [1.807, 2.05) is 0 Å². The molecule has 1 aromatic rings. The summed E-state index contributed by atoms with van der Waals surface area (Å²) in [5, 5.41) is 8.78. The molecule has 0 aromatic heterocycles. The van der Waals surface area contributed by atoms with Crippen LogP contribution in [0.4, 0.5) is 0 Å². The summed E-state index contributed by atoms with van der Waals surface area (Å²) in [5.41, 5.74) is 0.127. The van der Waals surface area contributed by atoms with Gasteiger partial charge in [0.05, 0.1) is 21.3 Å². The largest absolute Gasteiger partial charge is 0.478 e. The van der Waals surface area contributed by atoms with Crippen LogP contribution in [-0.4, -0.2) is 21.0 Å². The molecule has 0 fully saturated rings. The molecule has 0 radical (unpaired) electrons. The monoisotopic (exact) mass is 198 g/mol. The number of carboxylic acid groups (broad SMARTS) is 1. The maximum atomic E-state index is 11.4. The number of hydrogen-bond donors (Lipinski definition) is 1. The summed E-state index contributed by atoms with van der Waals surface area (Å²) in [6, 6.07) is 6.36. The van der Waals surface area contributed by atoms with Crippen molar-refractivity contribution in [2.75, 3.05) is 5.75 Å². The average molecular weight is 198 g/mol. The molecule has 1 rings (SSSR count). The maximum absolute atomic E-state index is 11.4. The molecule has 1 N–H and O–H groups in total. The second-order valence-electron chi connectivity index (χ2n) is 2.44. The molecule has 0 heterocycles. The Labute approximate surface area is 78.9 Å². The van der Waals surface area contributed by atoms with Crippen molar-refractivity contribution in [2.24, 2.45) is 0 Å². The molecule has 1 atom stereocenters. The molecule has 0 spiro atoms. The molecule has 0 amide bonds. The van der Waals surface area contributed by atoms with E-state index in [1.54, 1.807) is 25.1 Å². The van der Waals surface area contributed by atoms with Gasteiger partial charge in [-0.15, -0.1) is 0 Å². The maximum Gasteiger partial charge on any atom is 0.336 e. The number of benzene rings is 1. The van der Waals surface area contributed by atoms with Gasteiger partial charge in [0.1, 0.15) is 0 Å². The zero-order valence-corrected chi connectivity index (χ0v) is 8.00. The fourth-order valence-corrected chi connectivity index (χ4v) is 1.94. The van der Waals surface area contributed by atoms with Crippen LogP contribution in [-0.2, 0) is 10.8 Å². The lowest BCUT2D eigenvalue weighted by molar-refractivity contribution is 0.0693. The van der Waals surface area contributed by atoms with E-state index in [-0.39, 0.29) is 5.56 Å². The first-order chi connectivity index (χ1) is 6.16. The highest BCUT2D eigenvalue weighted by molar-refractivity contribution is 7.85. The van der Waals surface area contributed by atoms with E-state index in [0.29, 0.717) is 10.6 Å². The molecule has 70 valence electrons. The van der Waals surface area contributed by atoms with Crippen molar-refractivity contribution >= 4 is 16.8 Å². The van der Waals surface area contributed by atoms with E-state index in [0.717, 1.165) is 0 Å². The Hall–Kier alpha value is -1.16. The summed E-state index contributed by atoms with van der Waals surface area (Å²) in [4.78, 5) is 11.1. The van der Waals surface area contributed by atoms with Crippen LogP contribution >= 0.6 is 0 Å². The zero-order chi connectivity index (χ0) is 9.84. The fourth-order valence-electron chi connectivity index (χ4n) is 0.997. The van der Waals surface area contributed by atoms with Crippen molar-refractivity contribution in [3.05, 3.63) is 29.8 Å². The average Bonchev–Trinajstić information content (AvgIpc) is 2.16. The van der Waals surface area contributed by atoms with Crippen LogP contribution in [0, 0.1) is 0 Å². The van der Waals surface area contributed by atoms with Crippen LogP contribution in [0.15, 0.2) is 29.2 Å². The first kappa shape index (κ1) is 9.92. The summed E-state index contributed by atoms with van der Waals surface area (Å²) in [7, 11) is -1.20. The van der Waals surface area contributed by atoms with E-state index >= 15 is 0 Å². The summed E-state index contributed by atoms with van der Waals surface area (Å²) in [6.07, 6.45) is 0. The quantitative estimate of drug-likeness (QED) is 0.801. The van der Waals surface area contributed by atoms with Crippen LogP contribution in [0.1, 0.15) is 17.3 Å². The van der Waals surface area contributed by atoms with E-state index in [4.69, 9.17) is 5.11 Å². The summed E-state index contributed by atoms with van der Waals surface area (Å²) in [6.45, 7) is 1.76. The standard InChI is InChI=1S/C9H10O3S/c1-2-13(12)8-6-4-3-5-7(8)9(10)11/h3-6H,2H2,1H3,(H,10,11)/t13-/m0/s1. The van der Waals surface area contributed by atoms with Crippen molar-refractivity contribution < 1.29 is 14.1 Å². The summed E-state index contributed by atoms with van der Waals surface area (Å²) >= 11 is 0. The molecular formula is C9H10O3S. The molecule has 4 heteroatoms. The molecular weight excluding hydrogens is 188 g/mol. The molecule has 13 heavy (non-hydrogen) atoms. The van der Waals surface area contributed by atoms with Gasteiger partial charge in [0, 0.05) is 5.75 Å². The lowest BCUT2D eigenvalue weighted by atomic mass is 10.2. The van der Waals surface area contributed by atoms with Crippen LogP contribution in [0.3, 0.4) is 0 Å². The molecule has 0 aliphatic rings. The Bertz CT molecular complexity index is 346. The van der Waals surface area contributed by atoms with Crippen molar-refractivity contribution in [3.63, 3.8) is 0 Å². The Morgan fingerprint density at radius 1 is 1.46 bits per heavy atom. The minimum atomic E-state index is -1.20. The second kappa shape index (κ2) is 4.18. The van der Waals surface area contributed by atoms with Gasteiger partial charge >= 0.3 is 5.97 Å². The Morgan fingerprint density at radius 3 is 2.62 bits per heavy atom. The molecule has 1 aromatic carbocycles. The van der Waals surface area contributed by atoms with Crippen molar-refractivity contribution in [1.82, 2.24) is 0 Å². The highest BCUT2D eigenvalue weighted by Crippen LogP contribution is 2.13. The summed E-state index contributed by atoms with van der Waals surface area (Å²) in [5.74, 6) is -0.595. The van der Waals surface area contributed by atoms with Crippen molar-refractivity contribution in [2.45, 2.75) is 11.8 Å². The SMILES string of the molecule is CC[S@](=O)c1ccccc1C(=O)O. The molecule has 3 nitrogen and oxygen atoms in total. The number of hydrogen-bond acceptors (Lipinski definition) is 2. The van der Waals surface area contributed by atoms with Gasteiger partial charge in [-0.3, -0.25) is 4.21 Å². The van der Waals surface area contributed by atoms with Gasteiger partial charge in [0.25, 0.3) is 0 Å². The predicted octanol–water partition coefficient (Wildman–Crippen LogP) is 1.51. The van der Waals surface area contributed by atoms with Gasteiger partial charge in [-0.05, 0) is 12.1 Å². The third-order valence-corrected chi connectivity index (χ3v) is 3.00. The van der Waals surface area contributed by atoms with Gasteiger partial charge in [-0.2, -0.15) is 0 Å². The van der Waals surface area contributed by atoms with Gasteiger partial charge in [0.2, 0.25) is 0 Å². The number of carboxylic acids is 1. The minimum absolute atomic E-state index is 0.127. The van der Waals surface area contributed by atoms with Gasteiger partial charge in [-0.25, -0.2) is 4.79 Å². The van der Waals surface area contributed by atoms with E-state index in [9.17, 15) is 9.00 Å². The predicted molar refractivity (Wildman–Crippen MR) is 50.4 cm³/mol. The van der Waals surface area contributed by atoms with E-state index in [2.05, 4.69) is 0 Å². The number of aromatic carboxylic acids is 1. The normalized spacial score (nSPS) is 12.4. The van der Waals surface area contributed by atoms with Gasteiger partial charge < -0.3 is 5.11 Å². The van der Waals surface area contributed by atoms with Crippen LogP contribution in [0.5, 0.6) is 0 Å². The van der Waals surface area contributed by atoms with Crippen molar-refractivity contribution in [1.29, 1.82) is 0 Å². The first-order valence-electron chi connectivity index (χ1n) is 3.87. The zero-order valence-electron chi connectivity index (χ0n) is 7.19. The molecule has 0 aliphatic heterocycles. The lowest BCUT2D eigenvalue weighted by Gasteiger charge is -2.02. The molecule has 0 saturated carbocycles. The van der Waals surface area contributed by atoms with Crippen LogP contribution < -0.4 is 0 Å². The summed E-state index contributed by atoms with van der Waals surface area (Å²) < 4.78 is 11.4. The highest BCUT2D eigenvalue weighted by atomic mass is 32.2. The van der Waals surface area contributed by atoms with Crippen LogP contribution in [0.25, 0.3) is 0 Å². The second-order valence-corrected chi connectivity index (χ2v) is 4.14. The third kappa shape index (κ3) is 2.15. The Balaban J connectivity index is 3.19. The Kier molecular flexibility index (Phi) is 3.19. The van der Waals surface area contributed by atoms with E-state index < -0.39 is 16.8 Å². The molecule has 0 unspecified atom stereocenters. The van der Waals surface area contributed by atoms with E-state index in [1.165, 1.54) is 6.07 Å². The lowest BCUT2D eigenvalue weighted by Crippen LogP contribution is -2.04. The topological polar surface area (TPSA) is 54.4 Å². The first-order valence-corrected chi connectivity index (χ1v) is 5.19. The van der Waals surface area contributed by atoms with Gasteiger partial charge in [-0.1, -0.05) is 19.1 Å². The molecule has 0 saturated heterocycles. The minimum Gasteiger partial charge on any atom is -0.478 e.